The number of allylic oxidation sites excluding steroid dienone is 18. The molecule has 0 amide bonds. The number of hydrogen-bond donors (Lipinski definition) is 0. The monoisotopic (exact) mass is 940 g/mol. The molecule has 0 aromatic heterocycles. The van der Waals surface area contributed by atoms with E-state index >= 15 is 0 Å². The Morgan fingerprint density at radius 1 is 0.470 bits per heavy atom. The molecular formula is C56H94NO8P. The molecule has 0 aromatic rings. The summed E-state index contributed by atoms with van der Waals surface area (Å²) in [6, 6.07) is 0. The standard InChI is InChI=1S/C56H94NO8P/c1-6-8-10-12-14-16-18-20-22-23-24-25-26-27-28-29-30-31-32-33-35-37-39-41-43-45-47-49-56(59)65-54(53-64-66(60,61)63-51-50-57(3,4)5)52-62-55(58)48-46-44-42-40-38-36-34-21-19-17-15-13-11-9-7-2/h8-11,14-17,20-22,24-25,27-28,30-31,34,54H,6-7,12-13,18-19,23,26,29,32-33,35-53H2,1-5H3/b10-8-,11-9-,16-14-,17-15-,22-20-,25-24-,28-27-,31-30-,34-21-. The van der Waals surface area contributed by atoms with E-state index < -0.39 is 32.5 Å². The van der Waals surface area contributed by atoms with Crippen LogP contribution in [-0.4, -0.2) is 70.0 Å². The molecule has 66 heavy (non-hydrogen) atoms. The first-order chi connectivity index (χ1) is 32.0. The lowest BCUT2D eigenvalue weighted by Crippen LogP contribution is -2.37. The Balaban J connectivity index is 4.28. The fourth-order valence-corrected chi connectivity index (χ4v) is 7.11. The van der Waals surface area contributed by atoms with Crippen molar-refractivity contribution in [1.82, 2.24) is 0 Å². The lowest BCUT2D eigenvalue weighted by atomic mass is 10.1. The van der Waals surface area contributed by atoms with Gasteiger partial charge < -0.3 is 27.9 Å². The van der Waals surface area contributed by atoms with E-state index in [1.54, 1.807) is 0 Å². The maximum absolute atomic E-state index is 12.8. The van der Waals surface area contributed by atoms with E-state index in [4.69, 9.17) is 18.5 Å². The fourth-order valence-electron chi connectivity index (χ4n) is 6.38. The number of rotatable bonds is 45. The summed E-state index contributed by atoms with van der Waals surface area (Å²) in [5.41, 5.74) is 0. The minimum absolute atomic E-state index is 0.0419. The molecule has 2 unspecified atom stereocenters. The molecule has 0 saturated carbocycles. The average Bonchev–Trinajstić information content (AvgIpc) is 3.27. The number of carbonyl (C=O) groups excluding carboxylic acids is 2. The lowest BCUT2D eigenvalue weighted by molar-refractivity contribution is -0.870. The van der Waals surface area contributed by atoms with Gasteiger partial charge in [0.1, 0.15) is 19.8 Å². The molecule has 10 heteroatoms. The second kappa shape index (κ2) is 46.8. The molecule has 0 bridgehead atoms. The molecule has 0 aliphatic rings. The number of carbonyl (C=O) groups is 2. The molecule has 0 aromatic carbocycles. The summed E-state index contributed by atoms with van der Waals surface area (Å²) in [5, 5.41) is 0. The first-order valence-corrected chi connectivity index (χ1v) is 27.1. The van der Waals surface area contributed by atoms with Crippen LogP contribution in [0.4, 0.5) is 0 Å². The van der Waals surface area contributed by atoms with E-state index in [-0.39, 0.29) is 26.1 Å². The van der Waals surface area contributed by atoms with E-state index in [1.807, 2.05) is 21.1 Å². The quantitative estimate of drug-likeness (QED) is 0.0195. The van der Waals surface area contributed by atoms with Gasteiger partial charge in [-0.05, 0) is 96.3 Å². The van der Waals surface area contributed by atoms with Crippen molar-refractivity contribution in [1.29, 1.82) is 0 Å². The summed E-state index contributed by atoms with van der Waals surface area (Å²) in [5.74, 6) is -0.873. The van der Waals surface area contributed by atoms with Gasteiger partial charge in [-0.1, -0.05) is 181 Å². The number of unbranched alkanes of at least 4 members (excludes halogenated alkanes) is 13. The van der Waals surface area contributed by atoms with Crippen LogP contribution in [0.5, 0.6) is 0 Å². The highest BCUT2D eigenvalue weighted by atomic mass is 31.2. The Morgan fingerprint density at radius 3 is 1.21 bits per heavy atom. The number of quaternary nitrogens is 1. The van der Waals surface area contributed by atoms with Gasteiger partial charge in [0.05, 0.1) is 27.7 Å². The van der Waals surface area contributed by atoms with E-state index in [1.165, 1.54) is 25.7 Å². The molecule has 9 nitrogen and oxygen atoms in total. The number of ether oxygens (including phenoxy) is 2. The van der Waals surface area contributed by atoms with Crippen LogP contribution in [0.2, 0.25) is 0 Å². The van der Waals surface area contributed by atoms with Gasteiger partial charge in [0.2, 0.25) is 0 Å². The summed E-state index contributed by atoms with van der Waals surface area (Å²) in [6.07, 6.45) is 64.0. The Kier molecular flexibility index (Phi) is 44.4. The van der Waals surface area contributed by atoms with Crippen LogP contribution < -0.4 is 4.89 Å². The Bertz CT molecular complexity index is 1480. The van der Waals surface area contributed by atoms with Crippen LogP contribution in [0.15, 0.2) is 109 Å². The Labute approximate surface area is 404 Å². The van der Waals surface area contributed by atoms with Crippen molar-refractivity contribution >= 4 is 19.8 Å². The summed E-state index contributed by atoms with van der Waals surface area (Å²) in [7, 11) is 1.13. The van der Waals surface area contributed by atoms with E-state index in [0.29, 0.717) is 23.9 Å². The molecule has 2 atom stereocenters. The van der Waals surface area contributed by atoms with Crippen LogP contribution in [0.3, 0.4) is 0 Å². The van der Waals surface area contributed by atoms with Gasteiger partial charge >= 0.3 is 11.9 Å². The first-order valence-electron chi connectivity index (χ1n) is 25.6. The molecule has 0 radical (unpaired) electrons. The van der Waals surface area contributed by atoms with Crippen LogP contribution in [-0.2, 0) is 32.7 Å². The average molecular weight is 940 g/mol. The van der Waals surface area contributed by atoms with Gasteiger partial charge in [-0.3, -0.25) is 14.2 Å². The molecule has 0 heterocycles. The molecule has 0 aliphatic carbocycles. The summed E-state index contributed by atoms with van der Waals surface area (Å²) in [4.78, 5) is 37.7. The molecule has 0 aliphatic heterocycles. The SMILES string of the molecule is CC/C=C\C/C=C\C/C=C\C/C=C\C/C=C\C/C=C\CCCCCCCCCCC(=O)OC(COC(=O)CCCCCCC/C=C\C/C=C\C/C=C\CC)COP(=O)([O-])OCC[N+](C)(C)C. The van der Waals surface area contributed by atoms with Crippen molar-refractivity contribution in [3.63, 3.8) is 0 Å². The molecule has 376 valence electrons. The number of likely N-dealkylation sites (N-methyl/N-ethyl adjacent to an activating group) is 1. The van der Waals surface area contributed by atoms with Gasteiger partial charge in [-0.15, -0.1) is 0 Å². The third kappa shape index (κ3) is 50.1. The summed E-state index contributed by atoms with van der Waals surface area (Å²) < 4.78 is 34.0. The van der Waals surface area contributed by atoms with Crippen molar-refractivity contribution in [2.75, 3.05) is 47.5 Å². The molecular weight excluding hydrogens is 846 g/mol. The van der Waals surface area contributed by atoms with Crippen molar-refractivity contribution in [2.24, 2.45) is 0 Å². The highest BCUT2D eigenvalue weighted by Gasteiger charge is 2.21. The van der Waals surface area contributed by atoms with E-state index in [2.05, 4.69) is 123 Å². The maximum Gasteiger partial charge on any atom is 0.306 e. The Morgan fingerprint density at radius 2 is 0.818 bits per heavy atom. The zero-order chi connectivity index (χ0) is 48.5. The second-order valence-corrected chi connectivity index (χ2v) is 19.2. The number of nitrogens with zero attached hydrogens (tertiary/aromatic N) is 1. The van der Waals surface area contributed by atoms with Crippen LogP contribution in [0.1, 0.15) is 181 Å². The number of phosphoric ester groups is 1. The third-order valence-electron chi connectivity index (χ3n) is 10.3. The molecule has 0 saturated heterocycles. The van der Waals surface area contributed by atoms with Crippen molar-refractivity contribution in [3.05, 3.63) is 109 Å². The van der Waals surface area contributed by atoms with Gasteiger partial charge in [0, 0.05) is 12.8 Å². The second-order valence-electron chi connectivity index (χ2n) is 17.8. The number of phosphoric acid groups is 1. The number of esters is 2. The molecule has 0 rings (SSSR count). The zero-order valence-electron chi connectivity index (χ0n) is 42.3. The first kappa shape index (κ1) is 62.7. The summed E-state index contributed by atoms with van der Waals surface area (Å²) in [6.45, 7) is 3.95. The largest absolute Gasteiger partial charge is 0.756 e. The minimum atomic E-state index is -4.64. The maximum atomic E-state index is 12.8. The highest BCUT2D eigenvalue weighted by molar-refractivity contribution is 7.45. The van der Waals surface area contributed by atoms with E-state index in [0.717, 1.165) is 116 Å². The Hall–Kier alpha value is -3.33. The molecule has 0 N–H and O–H groups in total. The van der Waals surface area contributed by atoms with Crippen LogP contribution >= 0.6 is 7.82 Å². The normalized spacial score (nSPS) is 14.3. The van der Waals surface area contributed by atoms with Crippen LogP contribution in [0.25, 0.3) is 0 Å². The third-order valence-corrected chi connectivity index (χ3v) is 11.3. The number of hydrogen-bond acceptors (Lipinski definition) is 8. The van der Waals surface area contributed by atoms with Gasteiger partial charge in [0.15, 0.2) is 6.10 Å². The zero-order valence-corrected chi connectivity index (χ0v) is 43.2. The van der Waals surface area contributed by atoms with Gasteiger partial charge in [-0.2, -0.15) is 0 Å². The topological polar surface area (TPSA) is 111 Å². The molecule has 0 fully saturated rings. The van der Waals surface area contributed by atoms with Gasteiger partial charge in [-0.25, -0.2) is 0 Å². The fraction of sp³-hybridized carbons (Fsp3) is 0.643. The summed E-state index contributed by atoms with van der Waals surface area (Å²) >= 11 is 0. The van der Waals surface area contributed by atoms with Crippen molar-refractivity contribution in [2.45, 2.75) is 187 Å². The highest BCUT2D eigenvalue weighted by Crippen LogP contribution is 2.38. The molecule has 0 spiro atoms. The van der Waals surface area contributed by atoms with E-state index in [9.17, 15) is 19.0 Å². The predicted octanol–water partition coefficient (Wildman–Crippen LogP) is 14.8. The van der Waals surface area contributed by atoms with Crippen molar-refractivity contribution in [3.8, 4) is 0 Å². The van der Waals surface area contributed by atoms with Gasteiger partial charge in [0.25, 0.3) is 7.82 Å². The van der Waals surface area contributed by atoms with Crippen molar-refractivity contribution < 1.29 is 42.1 Å². The van der Waals surface area contributed by atoms with Crippen LogP contribution in [0, 0.1) is 0 Å². The smallest absolute Gasteiger partial charge is 0.306 e. The lowest BCUT2D eigenvalue weighted by Gasteiger charge is -2.28. The predicted molar refractivity (Wildman–Crippen MR) is 277 cm³/mol. The minimum Gasteiger partial charge on any atom is -0.756 e.